The fourth-order valence-corrected chi connectivity index (χ4v) is 2.74. The van der Waals surface area contributed by atoms with E-state index < -0.39 is 5.97 Å². The van der Waals surface area contributed by atoms with Crippen molar-refractivity contribution in [3.05, 3.63) is 71.7 Å². The Morgan fingerprint density at radius 1 is 1.13 bits per heavy atom. The molecule has 0 aliphatic carbocycles. The van der Waals surface area contributed by atoms with Gasteiger partial charge in [-0.25, -0.2) is 4.79 Å². The fraction of sp³-hybridized carbons (Fsp3) is 0.348. The summed E-state index contributed by atoms with van der Waals surface area (Å²) in [7, 11) is 2.81. The summed E-state index contributed by atoms with van der Waals surface area (Å²) >= 11 is 0. The minimum absolute atomic E-state index is 0.213. The quantitative estimate of drug-likeness (QED) is 0.141. The topological polar surface area (TPSA) is 79.2 Å². The van der Waals surface area contributed by atoms with Crippen LogP contribution >= 0.6 is 0 Å². The van der Waals surface area contributed by atoms with Crippen LogP contribution in [-0.4, -0.2) is 31.1 Å². The molecule has 0 aliphatic rings. The Kier molecular flexibility index (Phi) is 9.37. The van der Waals surface area contributed by atoms with Crippen molar-refractivity contribution >= 4 is 17.4 Å². The lowest BCUT2D eigenvalue weighted by Crippen LogP contribution is -2.10. The maximum absolute atomic E-state index is 12.1. The van der Waals surface area contributed by atoms with E-state index >= 15 is 0 Å². The largest absolute Gasteiger partial charge is 0.503 e. The lowest BCUT2D eigenvalue weighted by atomic mass is 10.0. The number of methoxy groups -OCH3 is 2. The first-order chi connectivity index (χ1) is 14.6. The van der Waals surface area contributed by atoms with Crippen LogP contribution in [0.15, 0.2) is 60.1 Å². The van der Waals surface area contributed by atoms with E-state index in [1.54, 1.807) is 6.20 Å². The number of carbonyl (C=O) groups is 1. The smallest absolute Gasteiger partial charge is 0.341 e. The normalized spacial score (nSPS) is 12.8. The molecule has 0 aliphatic heterocycles. The zero-order valence-electron chi connectivity index (χ0n) is 17.8. The van der Waals surface area contributed by atoms with Gasteiger partial charge in [0.25, 0.3) is 0 Å². The highest BCUT2D eigenvalue weighted by Crippen LogP contribution is 2.22. The van der Waals surface area contributed by atoms with Crippen LogP contribution in [0.25, 0.3) is 5.57 Å². The van der Waals surface area contributed by atoms with Gasteiger partial charge in [0.2, 0.25) is 5.90 Å². The van der Waals surface area contributed by atoms with Crippen LogP contribution in [0, 0.1) is 0 Å². The summed E-state index contributed by atoms with van der Waals surface area (Å²) in [6, 6.07) is 13.1. The van der Waals surface area contributed by atoms with E-state index in [4.69, 9.17) is 19.0 Å². The number of rotatable bonds is 10. The Labute approximate surface area is 177 Å². The van der Waals surface area contributed by atoms with Crippen molar-refractivity contribution in [3.63, 3.8) is 0 Å². The second kappa shape index (κ2) is 12.3. The van der Waals surface area contributed by atoms with Gasteiger partial charge in [-0.1, -0.05) is 49.3 Å². The first-order valence-electron chi connectivity index (χ1n) is 9.80. The van der Waals surface area contributed by atoms with Gasteiger partial charge in [0, 0.05) is 12.6 Å². The number of nitrogens with zero attached hydrogens (tertiary/aromatic N) is 2. The molecule has 0 saturated heterocycles. The molecule has 0 spiro atoms. The number of hydrogen-bond acceptors (Lipinski definition) is 7. The van der Waals surface area contributed by atoms with Gasteiger partial charge in [0.15, 0.2) is 6.10 Å². The second-order valence-electron chi connectivity index (χ2n) is 6.30. The third kappa shape index (κ3) is 6.34. The number of oxime groups is 1. The summed E-state index contributed by atoms with van der Waals surface area (Å²) in [5.74, 6) is -0.0345. The minimum Gasteiger partial charge on any atom is -0.503 e. The molecule has 2 aromatic rings. The number of ether oxygens (including phenoxy) is 3. The third-order valence-corrected chi connectivity index (χ3v) is 4.32. The Morgan fingerprint density at radius 3 is 2.53 bits per heavy atom. The minimum atomic E-state index is -0.488. The lowest BCUT2D eigenvalue weighted by Gasteiger charge is -2.15. The molecule has 160 valence electrons. The highest BCUT2D eigenvalue weighted by molar-refractivity contribution is 6.16. The van der Waals surface area contributed by atoms with E-state index in [1.165, 1.54) is 20.5 Å². The second-order valence-corrected chi connectivity index (χ2v) is 6.30. The van der Waals surface area contributed by atoms with E-state index in [0.29, 0.717) is 23.5 Å². The Morgan fingerprint density at radius 2 is 1.90 bits per heavy atom. The van der Waals surface area contributed by atoms with Crippen molar-refractivity contribution in [1.29, 1.82) is 0 Å². The SMILES string of the molecule is CC/C(=N\OC(CC)c1ccccn1)OCc1ccccc1/C(=C\OC)C(=O)OC. The average Bonchev–Trinajstić information content (AvgIpc) is 2.80. The van der Waals surface area contributed by atoms with Crippen molar-refractivity contribution in [1.82, 2.24) is 4.98 Å². The van der Waals surface area contributed by atoms with Gasteiger partial charge in [0.1, 0.15) is 12.2 Å². The number of pyridine rings is 1. The lowest BCUT2D eigenvalue weighted by molar-refractivity contribution is -0.133. The van der Waals surface area contributed by atoms with Crippen LogP contribution in [0.2, 0.25) is 0 Å². The zero-order chi connectivity index (χ0) is 21.8. The van der Waals surface area contributed by atoms with Crippen molar-refractivity contribution in [3.8, 4) is 0 Å². The summed E-state index contributed by atoms with van der Waals surface area (Å²) < 4.78 is 15.8. The van der Waals surface area contributed by atoms with Gasteiger partial charge in [-0.2, -0.15) is 0 Å². The first kappa shape index (κ1) is 22.9. The van der Waals surface area contributed by atoms with E-state index in [-0.39, 0.29) is 12.7 Å². The number of aromatic nitrogens is 1. The zero-order valence-corrected chi connectivity index (χ0v) is 17.8. The molecule has 0 saturated carbocycles. The standard InChI is InChI=1S/C23H28N2O5/c1-5-21(20-13-9-10-14-24-20)30-25-22(6-2)29-15-17-11-7-8-12-18(17)19(16-27-3)23(26)28-4/h7-14,16,21H,5-6,15H2,1-4H3/b19-16+,25-22+. The maximum Gasteiger partial charge on any atom is 0.341 e. The maximum atomic E-state index is 12.1. The van der Waals surface area contributed by atoms with Crippen molar-refractivity contribution in [2.45, 2.75) is 39.4 Å². The number of esters is 1. The molecule has 30 heavy (non-hydrogen) atoms. The van der Waals surface area contributed by atoms with Gasteiger partial charge in [-0.05, 0) is 29.7 Å². The molecule has 7 heteroatoms. The van der Waals surface area contributed by atoms with Crippen LogP contribution in [0.1, 0.15) is 49.6 Å². The molecule has 1 aromatic heterocycles. The average molecular weight is 412 g/mol. The van der Waals surface area contributed by atoms with Crippen LogP contribution in [0.3, 0.4) is 0 Å². The molecule has 2 rings (SSSR count). The predicted molar refractivity (Wildman–Crippen MR) is 114 cm³/mol. The molecule has 7 nitrogen and oxygen atoms in total. The van der Waals surface area contributed by atoms with Gasteiger partial charge < -0.3 is 19.0 Å². The van der Waals surface area contributed by atoms with Crippen LogP contribution < -0.4 is 0 Å². The molecule has 1 heterocycles. The summed E-state index contributed by atoms with van der Waals surface area (Å²) in [6.07, 6.45) is 4.12. The van der Waals surface area contributed by atoms with Crippen molar-refractivity contribution in [2.75, 3.05) is 14.2 Å². The first-order valence-corrected chi connectivity index (χ1v) is 9.80. The summed E-state index contributed by atoms with van der Waals surface area (Å²) in [4.78, 5) is 22.1. The molecular weight excluding hydrogens is 384 g/mol. The van der Waals surface area contributed by atoms with E-state index in [9.17, 15) is 4.79 Å². The Bertz CT molecular complexity index is 865. The predicted octanol–water partition coefficient (Wildman–Crippen LogP) is 4.65. The number of carbonyl (C=O) groups excluding carboxylic acids is 1. The highest BCUT2D eigenvalue weighted by atomic mass is 16.7. The van der Waals surface area contributed by atoms with Crippen LogP contribution in [-0.2, 0) is 30.4 Å². The number of hydrogen-bond donors (Lipinski definition) is 0. The van der Waals surface area contributed by atoms with Crippen LogP contribution in [0.4, 0.5) is 0 Å². The molecule has 0 amide bonds. The van der Waals surface area contributed by atoms with E-state index in [1.807, 2.05) is 56.3 Å². The molecule has 1 unspecified atom stereocenters. The molecule has 0 fully saturated rings. The van der Waals surface area contributed by atoms with Gasteiger partial charge >= 0.3 is 5.97 Å². The van der Waals surface area contributed by atoms with Gasteiger partial charge in [0.05, 0.1) is 26.2 Å². The molecule has 0 radical (unpaired) electrons. The van der Waals surface area contributed by atoms with Crippen LogP contribution in [0.5, 0.6) is 0 Å². The molecule has 1 atom stereocenters. The van der Waals surface area contributed by atoms with Gasteiger partial charge in [-0.15, -0.1) is 0 Å². The van der Waals surface area contributed by atoms with Crippen molar-refractivity contribution in [2.24, 2.45) is 5.16 Å². The summed E-state index contributed by atoms with van der Waals surface area (Å²) in [5.41, 5.74) is 2.59. The highest BCUT2D eigenvalue weighted by Gasteiger charge is 2.17. The fourth-order valence-electron chi connectivity index (χ4n) is 2.74. The summed E-state index contributed by atoms with van der Waals surface area (Å²) in [6.45, 7) is 4.15. The van der Waals surface area contributed by atoms with E-state index in [2.05, 4.69) is 10.1 Å². The molecule has 0 bridgehead atoms. The van der Waals surface area contributed by atoms with Gasteiger partial charge in [-0.3, -0.25) is 4.98 Å². The summed E-state index contributed by atoms with van der Waals surface area (Å²) in [5, 5.41) is 4.19. The number of benzene rings is 1. The molecular formula is C23H28N2O5. The third-order valence-electron chi connectivity index (χ3n) is 4.32. The molecule has 1 aromatic carbocycles. The monoisotopic (exact) mass is 412 g/mol. The Hall–Kier alpha value is -3.35. The van der Waals surface area contributed by atoms with E-state index in [0.717, 1.165) is 17.7 Å². The molecule has 0 N–H and O–H groups in total. The van der Waals surface area contributed by atoms with Crippen molar-refractivity contribution < 1.29 is 23.8 Å². The Balaban J connectivity index is 2.14.